The Hall–Kier alpha value is -3.08. The van der Waals surface area contributed by atoms with Crippen molar-refractivity contribution in [3.63, 3.8) is 0 Å². The van der Waals surface area contributed by atoms with Crippen molar-refractivity contribution in [3.8, 4) is 11.5 Å². The van der Waals surface area contributed by atoms with Gasteiger partial charge in [0.25, 0.3) is 0 Å². The molecule has 184 valence electrons. The second-order valence-electron chi connectivity index (χ2n) is 7.67. The van der Waals surface area contributed by atoms with E-state index in [1.807, 2.05) is 18.2 Å². The van der Waals surface area contributed by atoms with Crippen LogP contribution in [0.2, 0.25) is 0 Å². The number of methoxy groups -OCH3 is 3. The first-order chi connectivity index (χ1) is 16.4. The van der Waals surface area contributed by atoms with Crippen molar-refractivity contribution in [3.05, 3.63) is 54.1 Å². The largest absolute Gasteiger partial charge is 0.493 e. The Kier molecular flexibility index (Phi) is 8.91. The van der Waals surface area contributed by atoms with Crippen LogP contribution in [0.5, 0.6) is 11.5 Å². The van der Waals surface area contributed by atoms with E-state index >= 15 is 0 Å². The molecular weight excluding hydrogens is 458 g/mol. The van der Waals surface area contributed by atoms with E-state index in [0.29, 0.717) is 12.1 Å². The van der Waals surface area contributed by atoms with Gasteiger partial charge in [-0.2, -0.15) is 0 Å². The summed E-state index contributed by atoms with van der Waals surface area (Å²) in [7, 11) is 0.171. The number of esters is 1. The number of carbonyl (C=O) groups excluding carboxylic acids is 1. The predicted octanol–water partition coefficient (Wildman–Crippen LogP) is 1.99. The minimum Gasteiger partial charge on any atom is -0.493 e. The van der Waals surface area contributed by atoms with Crippen molar-refractivity contribution < 1.29 is 27.4 Å². The molecule has 1 aliphatic rings. The fraction of sp³-hybridized carbons (Fsp3) is 0.375. The van der Waals surface area contributed by atoms with Gasteiger partial charge < -0.3 is 19.1 Å². The second kappa shape index (κ2) is 11.9. The van der Waals surface area contributed by atoms with Gasteiger partial charge in [-0.3, -0.25) is 4.90 Å². The Morgan fingerprint density at radius 2 is 1.74 bits per heavy atom. The smallest absolute Gasteiger partial charge is 0.330 e. The summed E-state index contributed by atoms with van der Waals surface area (Å²) in [5.74, 6) is -0.210. The van der Waals surface area contributed by atoms with Crippen LogP contribution in [0.4, 0.5) is 5.69 Å². The number of benzene rings is 2. The number of piperazine rings is 1. The average Bonchev–Trinajstić information content (AvgIpc) is 2.87. The zero-order valence-corrected chi connectivity index (χ0v) is 20.5. The predicted molar refractivity (Wildman–Crippen MR) is 131 cm³/mol. The Balaban J connectivity index is 1.65. The van der Waals surface area contributed by atoms with Gasteiger partial charge in [-0.25, -0.2) is 17.9 Å². The fourth-order valence-corrected chi connectivity index (χ4v) is 5.00. The first-order valence-corrected chi connectivity index (χ1v) is 12.4. The molecule has 0 atom stereocenters. The maximum atomic E-state index is 13.1. The van der Waals surface area contributed by atoms with E-state index in [4.69, 9.17) is 9.47 Å². The van der Waals surface area contributed by atoms with Gasteiger partial charge in [0.15, 0.2) is 11.5 Å². The molecule has 9 nitrogen and oxygen atoms in total. The highest BCUT2D eigenvalue weighted by molar-refractivity contribution is 7.89. The van der Waals surface area contributed by atoms with Gasteiger partial charge in [0.1, 0.15) is 4.90 Å². The third kappa shape index (κ3) is 6.49. The van der Waals surface area contributed by atoms with Gasteiger partial charge in [-0.1, -0.05) is 18.2 Å². The van der Waals surface area contributed by atoms with Gasteiger partial charge in [0.05, 0.1) is 21.3 Å². The third-order valence-corrected chi connectivity index (χ3v) is 7.05. The minimum absolute atomic E-state index is 0.0623. The van der Waals surface area contributed by atoms with Crippen molar-refractivity contribution in [1.82, 2.24) is 9.62 Å². The lowest BCUT2D eigenvalue weighted by Crippen LogP contribution is -2.48. The van der Waals surface area contributed by atoms with E-state index in [9.17, 15) is 13.2 Å². The Morgan fingerprint density at radius 1 is 1.03 bits per heavy atom. The van der Waals surface area contributed by atoms with Crippen LogP contribution in [0, 0.1) is 0 Å². The van der Waals surface area contributed by atoms with Gasteiger partial charge in [-0.15, -0.1) is 0 Å². The molecule has 2 aromatic carbocycles. The number of ether oxygens (including phenoxy) is 3. The quantitative estimate of drug-likeness (QED) is 0.400. The van der Waals surface area contributed by atoms with Crippen LogP contribution >= 0.6 is 0 Å². The van der Waals surface area contributed by atoms with Gasteiger partial charge >= 0.3 is 5.97 Å². The fourth-order valence-electron chi connectivity index (χ4n) is 3.76. The second-order valence-corrected chi connectivity index (χ2v) is 9.41. The topological polar surface area (TPSA) is 97.4 Å². The van der Waals surface area contributed by atoms with Crippen LogP contribution in [-0.4, -0.2) is 79.9 Å². The first-order valence-electron chi connectivity index (χ1n) is 10.9. The number of anilines is 1. The lowest BCUT2D eigenvalue weighted by atomic mass is 10.2. The van der Waals surface area contributed by atoms with Crippen LogP contribution in [0.1, 0.15) is 5.56 Å². The molecule has 0 aliphatic carbocycles. The van der Waals surface area contributed by atoms with Crippen LogP contribution in [-0.2, 0) is 19.6 Å². The number of carbonyl (C=O) groups is 1. The zero-order chi connectivity index (χ0) is 24.6. The van der Waals surface area contributed by atoms with Gasteiger partial charge in [0, 0.05) is 51.0 Å². The van der Waals surface area contributed by atoms with E-state index in [-0.39, 0.29) is 22.9 Å². The molecular formula is C24H31N3O6S. The van der Waals surface area contributed by atoms with Crippen molar-refractivity contribution in [2.75, 3.05) is 65.5 Å². The van der Waals surface area contributed by atoms with Crippen molar-refractivity contribution >= 4 is 27.8 Å². The number of hydrogen-bond acceptors (Lipinski definition) is 8. The standard InChI is InChI=1S/C24H31N3O6S/c1-31-21-17-19(9-10-23(28)32-2)18-22(24(21)33-3)34(29,30)25-11-12-26-13-15-27(16-14-26)20-7-5-4-6-8-20/h4-10,17-18,25H,11-16H2,1-3H3/b10-9+. The molecule has 34 heavy (non-hydrogen) atoms. The van der Waals surface area contributed by atoms with Crippen LogP contribution < -0.4 is 19.1 Å². The molecule has 0 spiro atoms. The molecule has 1 saturated heterocycles. The lowest BCUT2D eigenvalue weighted by Gasteiger charge is -2.36. The molecule has 3 rings (SSSR count). The summed E-state index contributed by atoms with van der Waals surface area (Å²) in [5.41, 5.74) is 1.66. The highest BCUT2D eigenvalue weighted by atomic mass is 32.2. The summed E-state index contributed by atoms with van der Waals surface area (Å²) in [6.45, 7) is 4.31. The summed E-state index contributed by atoms with van der Waals surface area (Å²) in [6, 6.07) is 13.3. The van der Waals surface area contributed by atoms with Gasteiger partial charge in [0.2, 0.25) is 10.0 Å². The first kappa shape index (κ1) is 25.5. The number of hydrogen-bond donors (Lipinski definition) is 1. The molecule has 0 unspecified atom stereocenters. The summed E-state index contributed by atoms with van der Waals surface area (Å²) in [6.07, 6.45) is 2.67. The molecule has 10 heteroatoms. The highest BCUT2D eigenvalue weighted by Gasteiger charge is 2.24. The SMILES string of the molecule is COC(=O)/C=C/c1cc(OC)c(OC)c(S(=O)(=O)NCCN2CCN(c3ccccc3)CC2)c1. The van der Waals surface area contributed by atoms with Gasteiger partial charge in [-0.05, 0) is 35.9 Å². The maximum Gasteiger partial charge on any atom is 0.330 e. The van der Waals surface area contributed by atoms with Crippen LogP contribution in [0.15, 0.2) is 53.4 Å². The number of para-hydroxylation sites is 1. The number of sulfonamides is 1. The van der Waals surface area contributed by atoms with Crippen molar-refractivity contribution in [2.24, 2.45) is 0 Å². The van der Waals surface area contributed by atoms with E-state index in [1.165, 1.54) is 45.2 Å². The molecule has 1 fully saturated rings. The molecule has 1 N–H and O–H groups in total. The Labute approximate surface area is 201 Å². The molecule has 1 heterocycles. The minimum atomic E-state index is -3.90. The van der Waals surface area contributed by atoms with Crippen molar-refractivity contribution in [1.29, 1.82) is 0 Å². The molecule has 0 aromatic heterocycles. The average molecular weight is 490 g/mol. The molecule has 1 aliphatic heterocycles. The molecule has 0 bridgehead atoms. The van der Waals surface area contributed by atoms with Crippen molar-refractivity contribution in [2.45, 2.75) is 4.90 Å². The molecule has 0 radical (unpaired) electrons. The Morgan fingerprint density at radius 3 is 2.35 bits per heavy atom. The monoisotopic (exact) mass is 489 g/mol. The summed E-state index contributed by atoms with van der Waals surface area (Å²) < 4.78 is 44.1. The van der Waals surface area contributed by atoms with Crippen LogP contribution in [0.3, 0.4) is 0 Å². The van der Waals surface area contributed by atoms with E-state index in [0.717, 1.165) is 26.2 Å². The lowest BCUT2D eigenvalue weighted by molar-refractivity contribution is -0.134. The Bertz CT molecular complexity index is 1100. The summed E-state index contributed by atoms with van der Waals surface area (Å²) in [5, 5.41) is 0. The van der Waals surface area contributed by atoms with Crippen LogP contribution in [0.25, 0.3) is 6.08 Å². The third-order valence-electron chi connectivity index (χ3n) is 5.58. The van der Waals surface area contributed by atoms with E-state index < -0.39 is 16.0 Å². The highest BCUT2D eigenvalue weighted by Crippen LogP contribution is 2.36. The summed E-state index contributed by atoms with van der Waals surface area (Å²) in [4.78, 5) is 15.9. The number of nitrogens with zero attached hydrogens (tertiary/aromatic N) is 2. The number of rotatable bonds is 10. The maximum absolute atomic E-state index is 13.1. The molecule has 0 amide bonds. The summed E-state index contributed by atoms with van der Waals surface area (Å²) >= 11 is 0. The number of nitrogens with one attached hydrogen (secondary N) is 1. The molecule has 2 aromatic rings. The zero-order valence-electron chi connectivity index (χ0n) is 19.7. The van der Waals surface area contributed by atoms with E-state index in [2.05, 4.69) is 31.4 Å². The normalized spacial score (nSPS) is 14.9. The van der Waals surface area contributed by atoms with E-state index in [1.54, 1.807) is 6.07 Å². The molecule has 0 saturated carbocycles.